The molecule has 3 atom stereocenters. The summed E-state index contributed by atoms with van der Waals surface area (Å²) in [6.07, 6.45) is 2.91. The SMILES string of the molecule is OC(c1cc(Cl)c(Br)cc1F)C1C2CCCC21. The molecule has 0 spiro atoms. The second-order valence-corrected chi connectivity index (χ2v) is 6.33. The monoisotopic (exact) mass is 318 g/mol. The summed E-state index contributed by atoms with van der Waals surface area (Å²) in [7, 11) is 0. The number of rotatable bonds is 2. The van der Waals surface area contributed by atoms with Crippen LogP contribution in [0.25, 0.3) is 0 Å². The Balaban J connectivity index is 1.87. The number of hydrogen-bond acceptors (Lipinski definition) is 1. The Kier molecular flexibility index (Phi) is 2.96. The van der Waals surface area contributed by atoms with Crippen molar-refractivity contribution in [3.63, 3.8) is 0 Å². The van der Waals surface area contributed by atoms with Crippen molar-refractivity contribution in [3.8, 4) is 0 Å². The van der Waals surface area contributed by atoms with Crippen molar-refractivity contribution in [3.05, 3.63) is 33.0 Å². The van der Waals surface area contributed by atoms with Crippen molar-refractivity contribution >= 4 is 27.5 Å². The molecule has 2 fully saturated rings. The third-order valence-corrected chi connectivity index (χ3v) is 5.39. The first-order valence-electron chi connectivity index (χ1n) is 5.92. The smallest absolute Gasteiger partial charge is 0.130 e. The molecule has 2 aliphatic carbocycles. The molecule has 92 valence electrons. The standard InChI is InChI=1S/C13H13BrClFO/c14-9-5-11(16)8(4-10(9)15)13(17)12-6-2-1-3-7(6)12/h4-7,12-13,17H,1-3H2. The lowest BCUT2D eigenvalue weighted by Crippen LogP contribution is -2.07. The molecular formula is C13H13BrClFO. The van der Waals surface area contributed by atoms with Crippen LogP contribution in [-0.4, -0.2) is 5.11 Å². The van der Waals surface area contributed by atoms with Crippen LogP contribution in [0.4, 0.5) is 4.39 Å². The van der Waals surface area contributed by atoms with Crippen LogP contribution in [0.15, 0.2) is 16.6 Å². The van der Waals surface area contributed by atoms with Gasteiger partial charge < -0.3 is 5.11 Å². The van der Waals surface area contributed by atoms with E-state index in [-0.39, 0.29) is 11.7 Å². The van der Waals surface area contributed by atoms with Crippen molar-refractivity contribution in [1.82, 2.24) is 0 Å². The van der Waals surface area contributed by atoms with Crippen molar-refractivity contribution in [2.45, 2.75) is 25.4 Å². The van der Waals surface area contributed by atoms with Gasteiger partial charge in [0, 0.05) is 10.0 Å². The first-order valence-corrected chi connectivity index (χ1v) is 7.09. The molecule has 0 radical (unpaired) electrons. The number of fused-ring (bicyclic) bond motifs is 1. The lowest BCUT2D eigenvalue weighted by atomic mass is 9.99. The molecule has 1 nitrogen and oxygen atoms in total. The van der Waals surface area contributed by atoms with Crippen LogP contribution in [0.3, 0.4) is 0 Å². The van der Waals surface area contributed by atoms with Crippen molar-refractivity contribution in [2.75, 3.05) is 0 Å². The highest BCUT2D eigenvalue weighted by Gasteiger charge is 2.56. The van der Waals surface area contributed by atoms with Gasteiger partial charge in [-0.25, -0.2) is 4.39 Å². The maximum absolute atomic E-state index is 13.8. The molecule has 17 heavy (non-hydrogen) atoms. The first-order chi connectivity index (χ1) is 8.09. The van der Waals surface area contributed by atoms with Gasteiger partial charge in [-0.2, -0.15) is 0 Å². The molecule has 1 aromatic rings. The summed E-state index contributed by atoms with van der Waals surface area (Å²) < 4.78 is 14.3. The third kappa shape index (κ3) is 1.92. The van der Waals surface area contributed by atoms with Crippen LogP contribution in [0.5, 0.6) is 0 Å². The van der Waals surface area contributed by atoms with E-state index in [2.05, 4.69) is 15.9 Å². The number of hydrogen-bond donors (Lipinski definition) is 1. The average molecular weight is 320 g/mol. The lowest BCUT2D eigenvalue weighted by molar-refractivity contribution is 0.133. The van der Waals surface area contributed by atoms with Crippen molar-refractivity contribution in [2.24, 2.45) is 17.8 Å². The predicted octanol–water partition coefficient (Wildman–Crippen LogP) is 4.32. The van der Waals surface area contributed by atoms with E-state index in [1.165, 1.54) is 25.3 Å². The van der Waals surface area contributed by atoms with Crippen LogP contribution in [0.1, 0.15) is 30.9 Å². The lowest BCUT2D eigenvalue weighted by Gasteiger charge is -2.14. The van der Waals surface area contributed by atoms with Crippen LogP contribution in [-0.2, 0) is 0 Å². The van der Waals surface area contributed by atoms with E-state index in [0.29, 0.717) is 26.9 Å². The van der Waals surface area contributed by atoms with E-state index >= 15 is 0 Å². The van der Waals surface area contributed by atoms with Gasteiger partial charge in [0.25, 0.3) is 0 Å². The Morgan fingerprint density at radius 3 is 2.65 bits per heavy atom. The second kappa shape index (κ2) is 4.22. The Morgan fingerprint density at radius 2 is 2.00 bits per heavy atom. The highest BCUT2D eigenvalue weighted by molar-refractivity contribution is 9.10. The third-order valence-electron chi connectivity index (χ3n) is 4.20. The molecule has 3 rings (SSSR count). The van der Waals surface area contributed by atoms with E-state index in [1.54, 1.807) is 6.07 Å². The Labute approximate surface area is 113 Å². The summed E-state index contributed by atoms with van der Waals surface area (Å²) in [5.41, 5.74) is 0.345. The van der Waals surface area contributed by atoms with Gasteiger partial charge in [-0.15, -0.1) is 0 Å². The zero-order valence-electron chi connectivity index (χ0n) is 9.17. The Bertz CT molecular complexity index is 455. The van der Waals surface area contributed by atoms with Crippen LogP contribution in [0, 0.1) is 23.6 Å². The van der Waals surface area contributed by atoms with Crippen LogP contribution >= 0.6 is 27.5 Å². The zero-order chi connectivity index (χ0) is 12.2. The molecule has 1 aromatic carbocycles. The van der Waals surface area contributed by atoms with E-state index in [9.17, 15) is 9.50 Å². The summed E-state index contributed by atoms with van der Waals surface area (Å²) in [6, 6.07) is 2.87. The fraction of sp³-hybridized carbons (Fsp3) is 0.538. The highest BCUT2D eigenvalue weighted by atomic mass is 79.9. The Hall–Kier alpha value is -0.120. The Morgan fingerprint density at radius 1 is 1.35 bits per heavy atom. The van der Waals surface area contributed by atoms with E-state index in [4.69, 9.17) is 11.6 Å². The minimum absolute atomic E-state index is 0.246. The van der Waals surface area contributed by atoms with Gasteiger partial charge in [-0.1, -0.05) is 18.0 Å². The van der Waals surface area contributed by atoms with Crippen LogP contribution < -0.4 is 0 Å². The molecule has 2 saturated carbocycles. The molecule has 0 saturated heterocycles. The summed E-state index contributed by atoms with van der Waals surface area (Å²) in [5, 5.41) is 10.7. The van der Waals surface area contributed by atoms with Gasteiger partial charge in [0.1, 0.15) is 5.82 Å². The molecule has 2 aliphatic rings. The molecule has 4 heteroatoms. The van der Waals surface area contributed by atoms with Gasteiger partial charge in [0.15, 0.2) is 0 Å². The molecule has 0 bridgehead atoms. The molecule has 3 unspecified atom stereocenters. The van der Waals surface area contributed by atoms with Gasteiger partial charge in [0.2, 0.25) is 0 Å². The quantitative estimate of drug-likeness (QED) is 0.805. The summed E-state index contributed by atoms with van der Waals surface area (Å²) >= 11 is 9.13. The van der Waals surface area contributed by atoms with Gasteiger partial charge in [0.05, 0.1) is 11.1 Å². The van der Waals surface area contributed by atoms with E-state index < -0.39 is 6.10 Å². The number of aliphatic hydroxyl groups excluding tert-OH is 1. The normalized spacial score (nSPS) is 32.4. The first kappa shape index (κ1) is 11.9. The maximum Gasteiger partial charge on any atom is 0.130 e. The minimum Gasteiger partial charge on any atom is -0.388 e. The fourth-order valence-corrected chi connectivity index (χ4v) is 3.80. The predicted molar refractivity (Wildman–Crippen MR) is 68.4 cm³/mol. The summed E-state index contributed by atoms with van der Waals surface area (Å²) in [6.45, 7) is 0. The number of benzene rings is 1. The van der Waals surface area contributed by atoms with Crippen molar-refractivity contribution < 1.29 is 9.50 Å². The topological polar surface area (TPSA) is 20.2 Å². The molecule has 0 amide bonds. The molecule has 0 aliphatic heterocycles. The molecular weight excluding hydrogens is 306 g/mol. The van der Waals surface area contributed by atoms with Gasteiger partial charge in [-0.3, -0.25) is 0 Å². The second-order valence-electron chi connectivity index (χ2n) is 5.07. The van der Waals surface area contributed by atoms with Crippen molar-refractivity contribution in [1.29, 1.82) is 0 Å². The molecule has 1 N–H and O–H groups in total. The van der Waals surface area contributed by atoms with Gasteiger partial charge in [-0.05, 0) is 58.7 Å². The summed E-state index contributed by atoms with van der Waals surface area (Å²) in [4.78, 5) is 0. The molecule has 0 heterocycles. The van der Waals surface area contributed by atoms with E-state index in [1.807, 2.05) is 0 Å². The highest BCUT2D eigenvalue weighted by Crippen LogP contribution is 2.62. The van der Waals surface area contributed by atoms with Gasteiger partial charge >= 0.3 is 0 Å². The zero-order valence-corrected chi connectivity index (χ0v) is 11.5. The number of halogens is 3. The average Bonchev–Trinajstić information content (AvgIpc) is 2.76. The largest absolute Gasteiger partial charge is 0.388 e. The van der Waals surface area contributed by atoms with E-state index in [0.717, 1.165) is 0 Å². The fourth-order valence-electron chi connectivity index (χ4n) is 3.32. The minimum atomic E-state index is -0.698. The summed E-state index contributed by atoms with van der Waals surface area (Å²) in [5.74, 6) is 1.08. The number of aliphatic hydroxyl groups is 1. The molecule has 0 aromatic heterocycles. The maximum atomic E-state index is 13.8. The van der Waals surface area contributed by atoms with Crippen LogP contribution in [0.2, 0.25) is 5.02 Å².